The molecule has 1 unspecified atom stereocenters. The highest BCUT2D eigenvalue weighted by molar-refractivity contribution is 5.71. The molecule has 0 aliphatic carbocycles. The summed E-state index contributed by atoms with van der Waals surface area (Å²) in [5, 5.41) is 0. The zero-order valence-electron chi connectivity index (χ0n) is 13.9. The van der Waals surface area contributed by atoms with Gasteiger partial charge in [0.15, 0.2) is 5.65 Å². The average molecular weight is 314 g/mol. The molecule has 2 aliphatic heterocycles. The Hall–Kier alpha value is -1.46. The van der Waals surface area contributed by atoms with Crippen LogP contribution in [0.25, 0.3) is 11.2 Å². The molecule has 2 aromatic heterocycles. The molecule has 23 heavy (non-hydrogen) atoms. The molecule has 124 valence electrons. The van der Waals surface area contributed by atoms with Crippen LogP contribution in [0.5, 0.6) is 0 Å². The molecule has 5 heteroatoms. The quantitative estimate of drug-likeness (QED) is 0.873. The van der Waals surface area contributed by atoms with Crippen LogP contribution >= 0.6 is 0 Å². The molecule has 2 aromatic rings. The largest absolute Gasteiger partial charge is 0.358 e. The number of likely N-dealkylation sites (tertiary alicyclic amines) is 1. The van der Waals surface area contributed by atoms with Gasteiger partial charge in [-0.1, -0.05) is 0 Å². The van der Waals surface area contributed by atoms with Crippen LogP contribution in [0.4, 0.5) is 0 Å². The second kappa shape index (κ2) is 6.57. The van der Waals surface area contributed by atoms with Gasteiger partial charge in [0.05, 0.1) is 0 Å². The molecule has 0 aromatic carbocycles. The maximum Gasteiger partial charge on any atom is 0.162 e. The van der Waals surface area contributed by atoms with Crippen molar-refractivity contribution in [2.45, 2.75) is 44.8 Å². The van der Waals surface area contributed by atoms with E-state index in [9.17, 15) is 0 Å². The first-order valence-corrected chi connectivity index (χ1v) is 8.93. The number of fused-ring (bicyclic) bond motifs is 1. The monoisotopic (exact) mass is 314 g/mol. The van der Waals surface area contributed by atoms with E-state index in [1.54, 1.807) is 0 Å². The van der Waals surface area contributed by atoms with Crippen molar-refractivity contribution in [3.8, 4) is 0 Å². The van der Waals surface area contributed by atoms with Gasteiger partial charge in [-0.3, -0.25) is 4.57 Å². The molecular formula is C18H26N4O. The van der Waals surface area contributed by atoms with Gasteiger partial charge in [-0.15, -0.1) is 0 Å². The minimum atomic E-state index is 0.116. The summed E-state index contributed by atoms with van der Waals surface area (Å²) >= 11 is 0. The van der Waals surface area contributed by atoms with Crippen molar-refractivity contribution in [1.82, 2.24) is 19.4 Å². The van der Waals surface area contributed by atoms with Crippen molar-refractivity contribution < 1.29 is 4.74 Å². The van der Waals surface area contributed by atoms with Gasteiger partial charge in [0, 0.05) is 19.2 Å². The van der Waals surface area contributed by atoms with Crippen molar-refractivity contribution >= 4 is 11.2 Å². The van der Waals surface area contributed by atoms with E-state index in [2.05, 4.69) is 27.6 Å². The van der Waals surface area contributed by atoms with Crippen molar-refractivity contribution in [3.63, 3.8) is 0 Å². The third-order valence-corrected chi connectivity index (χ3v) is 5.27. The molecule has 0 saturated carbocycles. The number of imidazole rings is 1. The van der Waals surface area contributed by atoms with E-state index in [-0.39, 0.29) is 6.23 Å². The van der Waals surface area contributed by atoms with E-state index in [1.807, 2.05) is 12.3 Å². The number of nitrogens with zero attached hydrogens (tertiary/aromatic N) is 4. The second-order valence-electron chi connectivity index (χ2n) is 7.02. The van der Waals surface area contributed by atoms with Gasteiger partial charge in [-0.25, -0.2) is 9.97 Å². The van der Waals surface area contributed by atoms with E-state index in [4.69, 9.17) is 9.72 Å². The summed E-state index contributed by atoms with van der Waals surface area (Å²) in [7, 11) is 2.21. The van der Waals surface area contributed by atoms with Crippen LogP contribution in [0.15, 0.2) is 18.3 Å². The van der Waals surface area contributed by atoms with Crippen LogP contribution in [-0.4, -0.2) is 46.2 Å². The smallest absolute Gasteiger partial charge is 0.162 e. The molecule has 0 amide bonds. The molecular weight excluding hydrogens is 288 g/mol. The van der Waals surface area contributed by atoms with Crippen molar-refractivity contribution in [2.75, 3.05) is 26.7 Å². The van der Waals surface area contributed by atoms with Gasteiger partial charge < -0.3 is 9.64 Å². The third kappa shape index (κ3) is 3.12. The lowest BCUT2D eigenvalue weighted by molar-refractivity contribution is -0.0317. The Bertz CT molecular complexity index is 654. The highest BCUT2D eigenvalue weighted by Crippen LogP contribution is 2.30. The standard InChI is InChI=1S/C18H26N4O/c1-21-10-7-14(8-11-21)13-16-20-15-5-4-9-19-18(15)22(16)17-6-2-3-12-23-17/h4-5,9,14,17H,2-3,6-8,10-13H2,1H3. The Morgan fingerprint density at radius 3 is 2.87 bits per heavy atom. The number of hydrogen-bond donors (Lipinski definition) is 0. The summed E-state index contributed by atoms with van der Waals surface area (Å²) < 4.78 is 8.34. The first kappa shape index (κ1) is 15.1. The molecule has 5 nitrogen and oxygen atoms in total. The van der Waals surface area contributed by atoms with Gasteiger partial charge in [-0.05, 0) is 70.3 Å². The van der Waals surface area contributed by atoms with Crippen LogP contribution in [0.3, 0.4) is 0 Å². The first-order valence-electron chi connectivity index (χ1n) is 8.93. The van der Waals surface area contributed by atoms with E-state index >= 15 is 0 Å². The minimum absolute atomic E-state index is 0.116. The second-order valence-corrected chi connectivity index (χ2v) is 7.02. The topological polar surface area (TPSA) is 43.2 Å². The summed E-state index contributed by atoms with van der Waals surface area (Å²) in [5.74, 6) is 1.89. The lowest BCUT2D eigenvalue weighted by Gasteiger charge is -2.30. The SMILES string of the molecule is CN1CCC(Cc2nc3cccnc3n2C2CCCCO2)CC1. The fourth-order valence-electron chi connectivity index (χ4n) is 3.87. The molecule has 0 N–H and O–H groups in total. The van der Waals surface area contributed by atoms with E-state index < -0.39 is 0 Å². The molecule has 2 fully saturated rings. The summed E-state index contributed by atoms with van der Waals surface area (Å²) in [4.78, 5) is 11.9. The first-order chi connectivity index (χ1) is 11.3. The predicted molar refractivity (Wildman–Crippen MR) is 90.3 cm³/mol. The average Bonchev–Trinajstić information content (AvgIpc) is 2.95. The van der Waals surface area contributed by atoms with Crippen LogP contribution in [0, 0.1) is 5.92 Å². The summed E-state index contributed by atoms with van der Waals surface area (Å²) in [6, 6.07) is 4.04. The third-order valence-electron chi connectivity index (χ3n) is 5.27. The fraction of sp³-hybridized carbons (Fsp3) is 0.667. The Morgan fingerprint density at radius 2 is 2.09 bits per heavy atom. The number of hydrogen-bond acceptors (Lipinski definition) is 4. The number of piperidine rings is 1. The van der Waals surface area contributed by atoms with Crippen LogP contribution in [0.1, 0.15) is 44.2 Å². The van der Waals surface area contributed by atoms with Crippen molar-refractivity contribution in [3.05, 3.63) is 24.2 Å². The van der Waals surface area contributed by atoms with Crippen LogP contribution in [-0.2, 0) is 11.2 Å². The lowest BCUT2D eigenvalue weighted by atomic mass is 9.93. The normalized spacial score (nSPS) is 24.3. The number of rotatable bonds is 3. The van der Waals surface area contributed by atoms with Crippen molar-refractivity contribution in [2.24, 2.45) is 5.92 Å². The summed E-state index contributed by atoms with van der Waals surface area (Å²) in [5.41, 5.74) is 1.99. The van der Waals surface area contributed by atoms with Crippen LogP contribution < -0.4 is 0 Å². The Morgan fingerprint density at radius 1 is 1.22 bits per heavy atom. The minimum Gasteiger partial charge on any atom is -0.358 e. The number of aromatic nitrogens is 3. The van der Waals surface area contributed by atoms with Gasteiger partial charge in [0.2, 0.25) is 0 Å². The van der Waals surface area contributed by atoms with Gasteiger partial charge in [0.25, 0.3) is 0 Å². The molecule has 4 heterocycles. The molecule has 0 bridgehead atoms. The van der Waals surface area contributed by atoms with E-state index in [0.717, 1.165) is 36.5 Å². The number of pyridine rings is 1. The summed E-state index contributed by atoms with van der Waals surface area (Å²) in [6.07, 6.45) is 9.02. The van der Waals surface area contributed by atoms with Gasteiger partial charge in [0.1, 0.15) is 17.6 Å². The van der Waals surface area contributed by atoms with Crippen LogP contribution in [0.2, 0.25) is 0 Å². The Balaban J connectivity index is 1.64. The number of ether oxygens (including phenoxy) is 1. The molecule has 2 saturated heterocycles. The molecule has 4 rings (SSSR count). The van der Waals surface area contributed by atoms with Gasteiger partial charge in [-0.2, -0.15) is 0 Å². The Kier molecular flexibility index (Phi) is 4.31. The predicted octanol–water partition coefficient (Wildman–Crippen LogP) is 3.01. The highest BCUT2D eigenvalue weighted by Gasteiger charge is 2.25. The zero-order valence-corrected chi connectivity index (χ0v) is 13.9. The zero-order chi connectivity index (χ0) is 15.6. The molecule has 1 atom stereocenters. The lowest BCUT2D eigenvalue weighted by Crippen LogP contribution is -2.31. The molecule has 0 radical (unpaired) electrons. The van der Waals surface area contributed by atoms with Gasteiger partial charge >= 0.3 is 0 Å². The molecule has 2 aliphatic rings. The summed E-state index contributed by atoms with van der Waals surface area (Å²) in [6.45, 7) is 3.25. The maximum atomic E-state index is 6.05. The van der Waals surface area contributed by atoms with E-state index in [0.29, 0.717) is 0 Å². The van der Waals surface area contributed by atoms with Crippen molar-refractivity contribution in [1.29, 1.82) is 0 Å². The fourth-order valence-corrected chi connectivity index (χ4v) is 3.87. The highest BCUT2D eigenvalue weighted by atomic mass is 16.5. The maximum absolute atomic E-state index is 6.05. The Labute approximate surface area is 137 Å². The van der Waals surface area contributed by atoms with E-state index in [1.165, 1.54) is 44.6 Å². The molecule has 0 spiro atoms.